The first-order chi connectivity index (χ1) is 11.1. The molecule has 1 aliphatic rings. The lowest BCUT2D eigenvalue weighted by Crippen LogP contribution is -2.41. The second kappa shape index (κ2) is 8.62. The zero-order valence-corrected chi connectivity index (χ0v) is 14.2. The number of aliphatic imine (C=N–C) groups is 1. The van der Waals surface area contributed by atoms with Crippen LogP contribution in [-0.4, -0.2) is 61.5 Å². The fourth-order valence-corrected chi connectivity index (χ4v) is 2.55. The largest absolute Gasteiger partial charge is 0.493 e. The standard InChI is InChI=1S/C17H27N3O3/c1-4-18-17(20-10-9-14(21)12-20)19-11-13(2)23-16-8-6-5-7-15(16)22-3/h5-8,13-14,21H,4,9-12H2,1-3H3,(H,18,19)/t13?,14-/m1/s1. The minimum atomic E-state index is -0.263. The van der Waals surface area contributed by atoms with E-state index < -0.39 is 0 Å². The number of benzene rings is 1. The third kappa shape index (κ3) is 5.03. The van der Waals surface area contributed by atoms with Crippen molar-refractivity contribution < 1.29 is 14.6 Å². The molecule has 128 valence electrons. The molecule has 2 rings (SSSR count). The van der Waals surface area contributed by atoms with Gasteiger partial charge in [0, 0.05) is 19.6 Å². The van der Waals surface area contributed by atoms with Crippen molar-refractivity contribution in [1.29, 1.82) is 0 Å². The molecule has 1 aromatic rings. The second-order valence-electron chi connectivity index (χ2n) is 5.66. The van der Waals surface area contributed by atoms with Crippen LogP contribution in [0.1, 0.15) is 20.3 Å². The Morgan fingerprint density at radius 2 is 2.17 bits per heavy atom. The highest BCUT2D eigenvalue weighted by Crippen LogP contribution is 2.26. The van der Waals surface area contributed by atoms with Gasteiger partial charge in [-0.05, 0) is 32.4 Å². The van der Waals surface area contributed by atoms with Gasteiger partial charge < -0.3 is 24.8 Å². The fourth-order valence-electron chi connectivity index (χ4n) is 2.55. The summed E-state index contributed by atoms with van der Waals surface area (Å²) in [7, 11) is 1.63. The van der Waals surface area contributed by atoms with Gasteiger partial charge in [0.15, 0.2) is 17.5 Å². The molecule has 0 radical (unpaired) electrons. The number of nitrogens with zero attached hydrogens (tertiary/aromatic N) is 2. The highest BCUT2D eigenvalue weighted by atomic mass is 16.5. The summed E-state index contributed by atoms with van der Waals surface area (Å²) < 4.78 is 11.2. The van der Waals surface area contributed by atoms with E-state index in [1.165, 1.54) is 0 Å². The average molecular weight is 321 g/mol. The monoisotopic (exact) mass is 321 g/mol. The zero-order valence-electron chi connectivity index (χ0n) is 14.2. The van der Waals surface area contributed by atoms with Crippen LogP contribution >= 0.6 is 0 Å². The predicted octanol–water partition coefficient (Wildman–Crippen LogP) is 1.49. The molecule has 6 heteroatoms. The Labute approximate surface area is 138 Å². The molecule has 1 unspecified atom stereocenters. The van der Waals surface area contributed by atoms with Crippen molar-refractivity contribution in [2.45, 2.75) is 32.5 Å². The number of aliphatic hydroxyl groups excluding tert-OH is 1. The molecule has 0 spiro atoms. The summed E-state index contributed by atoms with van der Waals surface area (Å²) in [5.74, 6) is 2.27. The summed E-state index contributed by atoms with van der Waals surface area (Å²) in [5, 5.41) is 13.0. The smallest absolute Gasteiger partial charge is 0.194 e. The van der Waals surface area contributed by atoms with Gasteiger partial charge in [0.1, 0.15) is 6.10 Å². The Kier molecular flexibility index (Phi) is 6.52. The highest BCUT2D eigenvalue weighted by Gasteiger charge is 2.23. The first kappa shape index (κ1) is 17.4. The molecule has 0 saturated carbocycles. The minimum Gasteiger partial charge on any atom is -0.493 e. The van der Waals surface area contributed by atoms with Crippen molar-refractivity contribution in [3.63, 3.8) is 0 Å². The second-order valence-corrected chi connectivity index (χ2v) is 5.66. The molecule has 1 heterocycles. The molecule has 0 amide bonds. The molecule has 0 bridgehead atoms. The van der Waals surface area contributed by atoms with Gasteiger partial charge in [-0.1, -0.05) is 12.1 Å². The maximum Gasteiger partial charge on any atom is 0.194 e. The van der Waals surface area contributed by atoms with E-state index in [2.05, 4.69) is 15.2 Å². The van der Waals surface area contributed by atoms with Crippen molar-refractivity contribution in [3.05, 3.63) is 24.3 Å². The van der Waals surface area contributed by atoms with E-state index in [1.54, 1.807) is 7.11 Å². The molecule has 1 aliphatic heterocycles. The summed E-state index contributed by atoms with van der Waals surface area (Å²) in [6, 6.07) is 7.60. The quantitative estimate of drug-likeness (QED) is 0.614. The van der Waals surface area contributed by atoms with E-state index in [1.807, 2.05) is 38.1 Å². The van der Waals surface area contributed by atoms with E-state index in [-0.39, 0.29) is 12.2 Å². The topological polar surface area (TPSA) is 66.3 Å². The predicted molar refractivity (Wildman–Crippen MR) is 91.3 cm³/mol. The number of rotatable bonds is 6. The summed E-state index contributed by atoms with van der Waals surface area (Å²) in [6.45, 7) is 6.82. The Morgan fingerprint density at radius 1 is 1.43 bits per heavy atom. The summed E-state index contributed by atoms with van der Waals surface area (Å²) >= 11 is 0. The van der Waals surface area contributed by atoms with Crippen LogP contribution in [-0.2, 0) is 0 Å². The molecule has 1 aromatic carbocycles. The van der Waals surface area contributed by atoms with Crippen molar-refractivity contribution in [2.75, 3.05) is 33.3 Å². The van der Waals surface area contributed by atoms with Crippen LogP contribution in [0.2, 0.25) is 0 Å². The maximum atomic E-state index is 9.68. The van der Waals surface area contributed by atoms with Crippen LogP contribution < -0.4 is 14.8 Å². The van der Waals surface area contributed by atoms with Gasteiger partial charge in [-0.3, -0.25) is 0 Å². The van der Waals surface area contributed by atoms with Crippen LogP contribution in [0.4, 0.5) is 0 Å². The first-order valence-corrected chi connectivity index (χ1v) is 8.15. The molecule has 2 N–H and O–H groups in total. The van der Waals surface area contributed by atoms with Crippen LogP contribution in [0.5, 0.6) is 11.5 Å². The Balaban J connectivity index is 1.95. The third-order valence-electron chi connectivity index (χ3n) is 3.69. The zero-order chi connectivity index (χ0) is 16.7. The summed E-state index contributed by atoms with van der Waals surface area (Å²) in [4.78, 5) is 6.72. The van der Waals surface area contributed by atoms with Crippen molar-refractivity contribution >= 4 is 5.96 Å². The highest BCUT2D eigenvalue weighted by molar-refractivity contribution is 5.80. The Morgan fingerprint density at radius 3 is 2.78 bits per heavy atom. The van der Waals surface area contributed by atoms with Gasteiger partial charge in [-0.15, -0.1) is 0 Å². The summed E-state index contributed by atoms with van der Waals surface area (Å²) in [5.41, 5.74) is 0. The number of methoxy groups -OCH3 is 1. The number of likely N-dealkylation sites (tertiary alicyclic amines) is 1. The molecular weight excluding hydrogens is 294 g/mol. The average Bonchev–Trinajstić information content (AvgIpc) is 2.98. The van der Waals surface area contributed by atoms with E-state index in [9.17, 15) is 5.11 Å². The van der Waals surface area contributed by atoms with Crippen LogP contribution in [0.3, 0.4) is 0 Å². The molecule has 6 nitrogen and oxygen atoms in total. The van der Waals surface area contributed by atoms with Gasteiger partial charge in [-0.2, -0.15) is 0 Å². The van der Waals surface area contributed by atoms with Crippen molar-refractivity contribution in [3.8, 4) is 11.5 Å². The maximum absolute atomic E-state index is 9.68. The van der Waals surface area contributed by atoms with Gasteiger partial charge in [-0.25, -0.2) is 4.99 Å². The van der Waals surface area contributed by atoms with Crippen LogP contribution in [0.25, 0.3) is 0 Å². The van der Waals surface area contributed by atoms with E-state index in [0.717, 1.165) is 37.0 Å². The number of para-hydroxylation sites is 2. The lowest BCUT2D eigenvalue weighted by molar-refractivity contribution is 0.187. The molecule has 0 aliphatic carbocycles. The SMILES string of the molecule is CCNC(=NCC(C)Oc1ccccc1OC)N1CC[C@@H](O)C1. The van der Waals surface area contributed by atoms with E-state index in [4.69, 9.17) is 9.47 Å². The van der Waals surface area contributed by atoms with E-state index >= 15 is 0 Å². The molecule has 1 fully saturated rings. The number of aliphatic hydroxyl groups is 1. The van der Waals surface area contributed by atoms with Gasteiger partial charge in [0.05, 0.1) is 19.8 Å². The number of guanidine groups is 1. The molecule has 2 atom stereocenters. The van der Waals surface area contributed by atoms with Crippen molar-refractivity contribution in [2.24, 2.45) is 4.99 Å². The first-order valence-electron chi connectivity index (χ1n) is 8.15. The number of ether oxygens (including phenoxy) is 2. The Hall–Kier alpha value is -1.95. The number of hydrogen-bond acceptors (Lipinski definition) is 4. The Bertz CT molecular complexity index is 522. The number of β-amino-alcohol motifs (C(OH)–C–C–N with tert-alkyl or cyclic N) is 1. The summed E-state index contributed by atoms with van der Waals surface area (Å²) in [6.07, 6.45) is 0.450. The fraction of sp³-hybridized carbons (Fsp3) is 0.588. The van der Waals surface area contributed by atoms with Crippen LogP contribution in [0.15, 0.2) is 29.3 Å². The molecule has 0 aromatic heterocycles. The van der Waals surface area contributed by atoms with Crippen LogP contribution in [0, 0.1) is 0 Å². The van der Waals surface area contributed by atoms with Gasteiger partial charge >= 0.3 is 0 Å². The van der Waals surface area contributed by atoms with Crippen molar-refractivity contribution in [1.82, 2.24) is 10.2 Å². The minimum absolute atomic E-state index is 0.0764. The van der Waals surface area contributed by atoms with Gasteiger partial charge in [0.2, 0.25) is 0 Å². The lowest BCUT2D eigenvalue weighted by atomic mass is 10.3. The van der Waals surface area contributed by atoms with Gasteiger partial charge in [0.25, 0.3) is 0 Å². The molecule has 1 saturated heterocycles. The molecule has 23 heavy (non-hydrogen) atoms. The normalized spacial score (nSPS) is 19.6. The number of hydrogen-bond donors (Lipinski definition) is 2. The van der Waals surface area contributed by atoms with E-state index in [0.29, 0.717) is 13.1 Å². The lowest BCUT2D eigenvalue weighted by Gasteiger charge is -2.22. The number of nitrogens with one attached hydrogen (secondary N) is 1. The molecular formula is C17H27N3O3. The third-order valence-corrected chi connectivity index (χ3v) is 3.69.